The first-order valence-corrected chi connectivity index (χ1v) is 10.0. The minimum absolute atomic E-state index is 0.196. The topological polar surface area (TPSA) is 55.8 Å². The lowest BCUT2D eigenvalue weighted by Gasteiger charge is -2.44. The van der Waals surface area contributed by atoms with Crippen molar-refractivity contribution in [2.75, 3.05) is 20.3 Å². The Bertz CT molecular complexity index is 878. The van der Waals surface area contributed by atoms with E-state index in [1.807, 2.05) is 57.2 Å². The Labute approximate surface area is 155 Å². The van der Waals surface area contributed by atoms with E-state index in [1.165, 1.54) is 7.11 Å². The average Bonchev–Trinajstić information content (AvgIpc) is 2.62. The van der Waals surface area contributed by atoms with Crippen LogP contribution < -0.4 is 4.74 Å². The number of methoxy groups -OCH3 is 1. The maximum absolute atomic E-state index is 13.5. The molecule has 1 fully saturated rings. The van der Waals surface area contributed by atoms with Crippen LogP contribution in [0.1, 0.15) is 31.1 Å². The smallest absolute Gasteiger partial charge is 0.247 e. The fourth-order valence-electron chi connectivity index (χ4n) is 3.22. The molecule has 1 saturated heterocycles. The zero-order valence-corrected chi connectivity index (χ0v) is 16.4. The maximum atomic E-state index is 13.5. The van der Waals surface area contributed by atoms with E-state index >= 15 is 0 Å². The van der Waals surface area contributed by atoms with Gasteiger partial charge in [0.05, 0.1) is 25.4 Å². The lowest BCUT2D eigenvalue weighted by Crippen LogP contribution is -2.56. The number of morpholine rings is 1. The summed E-state index contributed by atoms with van der Waals surface area (Å²) in [6.45, 7) is 6.22. The van der Waals surface area contributed by atoms with Crippen molar-refractivity contribution in [1.82, 2.24) is 4.31 Å². The summed E-state index contributed by atoms with van der Waals surface area (Å²) in [6, 6.07) is 14.9. The summed E-state index contributed by atoms with van der Waals surface area (Å²) >= 11 is 0. The molecule has 1 aliphatic heterocycles. The number of nitrogens with zero attached hydrogens (tertiary/aromatic N) is 1. The van der Waals surface area contributed by atoms with Crippen LogP contribution in [0.5, 0.6) is 5.75 Å². The normalized spacial score (nSPS) is 20.7. The summed E-state index contributed by atoms with van der Waals surface area (Å²) in [4.78, 5) is 0.196. The first-order chi connectivity index (χ1) is 12.3. The Kier molecular flexibility index (Phi) is 5.10. The number of hydrogen-bond acceptors (Lipinski definition) is 4. The number of ether oxygens (including phenoxy) is 2. The van der Waals surface area contributed by atoms with Gasteiger partial charge in [-0.15, -0.1) is 0 Å². The Hall–Kier alpha value is -1.89. The third-order valence-corrected chi connectivity index (χ3v) is 6.80. The monoisotopic (exact) mass is 375 g/mol. The predicted octanol–water partition coefficient (Wildman–Crippen LogP) is 3.54. The molecule has 1 atom stereocenters. The molecule has 0 amide bonds. The van der Waals surface area contributed by atoms with Crippen LogP contribution in [0.3, 0.4) is 0 Å². The van der Waals surface area contributed by atoms with Gasteiger partial charge in [0.25, 0.3) is 0 Å². The summed E-state index contributed by atoms with van der Waals surface area (Å²) in [7, 11) is -2.26. The molecule has 2 aromatic carbocycles. The summed E-state index contributed by atoms with van der Waals surface area (Å²) in [5, 5.41) is 0. The molecule has 0 N–H and O–H groups in total. The summed E-state index contributed by atoms with van der Waals surface area (Å²) < 4.78 is 39.8. The van der Waals surface area contributed by atoms with Crippen LogP contribution in [0, 0.1) is 6.92 Å². The zero-order chi connectivity index (χ0) is 18.9. The lowest BCUT2D eigenvalue weighted by molar-refractivity contribution is -0.0655. The van der Waals surface area contributed by atoms with Crippen LogP contribution >= 0.6 is 0 Å². The molecule has 0 radical (unpaired) electrons. The minimum atomic E-state index is -3.75. The van der Waals surface area contributed by atoms with Gasteiger partial charge in [0, 0.05) is 6.54 Å². The first-order valence-electron chi connectivity index (χ1n) is 8.60. The average molecular weight is 375 g/mol. The van der Waals surface area contributed by atoms with E-state index in [0.29, 0.717) is 12.4 Å². The fraction of sp³-hybridized carbons (Fsp3) is 0.400. The van der Waals surface area contributed by atoms with Crippen molar-refractivity contribution in [3.63, 3.8) is 0 Å². The summed E-state index contributed by atoms with van der Waals surface area (Å²) in [5.41, 5.74) is 1.19. The zero-order valence-electron chi connectivity index (χ0n) is 15.6. The van der Waals surface area contributed by atoms with Crippen molar-refractivity contribution in [2.45, 2.75) is 37.3 Å². The van der Waals surface area contributed by atoms with Gasteiger partial charge in [0.2, 0.25) is 10.0 Å². The number of sulfonamides is 1. The highest BCUT2D eigenvalue weighted by Crippen LogP contribution is 2.37. The van der Waals surface area contributed by atoms with Gasteiger partial charge in [-0.25, -0.2) is 8.42 Å². The van der Waals surface area contributed by atoms with Crippen LogP contribution in [0.25, 0.3) is 0 Å². The van der Waals surface area contributed by atoms with E-state index < -0.39 is 15.6 Å². The van der Waals surface area contributed by atoms with Gasteiger partial charge in [-0.1, -0.05) is 36.4 Å². The van der Waals surface area contributed by atoms with E-state index in [4.69, 9.17) is 9.47 Å². The molecule has 5 nitrogen and oxygen atoms in total. The second kappa shape index (κ2) is 7.02. The molecule has 0 aliphatic carbocycles. The molecule has 1 unspecified atom stereocenters. The van der Waals surface area contributed by atoms with Gasteiger partial charge in [0.15, 0.2) is 0 Å². The quantitative estimate of drug-likeness (QED) is 0.820. The van der Waals surface area contributed by atoms with Crippen molar-refractivity contribution in [3.8, 4) is 5.75 Å². The van der Waals surface area contributed by atoms with Gasteiger partial charge in [0.1, 0.15) is 10.6 Å². The predicted molar refractivity (Wildman–Crippen MR) is 101 cm³/mol. The second-order valence-electron chi connectivity index (χ2n) is 7.21. The van der Waals surface area contributed by atoms with E-state index in [0.717, 1.165) is 11.1 Å². The van der Waals surface area contributed by atoms with Crippen molar-refractivity contribution in [1.29, 1.82) is 0 Å². The van der Waals surface area contributed by atoms with Gasteiger partial charge in [-0.05, 0) is 44.0 Å². The van der Waals surface area contributed by atoms with Gasteiger partial charge < -0.3 is 9.47 Å². The van der Waals surface area contributed by atoms with Crippen LogP contribution in [-0.2, 0) is 14.8 Å². The highest BCUT2D eigenvalue weighted by atomic mass is 32.2. The van der Waals surface area contributed by atoms with Crippen molar-refractivity contribution in [3.05, 3.63) is 59.7 Å². The van der Waals surface area contributed by atoms with Crippen LogP contribution in [0.4, 0.5) is 0 Å². The van der Waals surface area contributed by atoms with Crippen LogP contribution in [-0.4, -0.2) is 38.5 Å². The first kappa shape index (κ1) is 18.9. The maximum Gasteiger partial charge on any atom is 0.247 e. The molecule has 3 rings (SSSR count). The number of rotatable bonds is 4. The van der Waals surface area contributed by atoms with Gasteiger partial charge >= 0.3 is 0 Å². The number of benzene rings is 2. The van der Waals surface area contributed by atoms with Crippen molar-refractivity contribution < 1.29 is 17.9 Å². The molecule has 140 valence electrons. The Balaban J connectivity index is 2.02. The Morgan fingerprint density at radius 3 is 2.50 bits per heavy atom. The fourth-order valence-corrected chi connectivity index (χ4v) is 5.24. The third-order valence-electron chi connectivity index (χ3n) is 4.70. The molecular formula is C20H25NO4S. The molecule has 0 bridgehead atoms. The van der Waals surface area contributed by atoms with E-state index in [-0.39, 0.29) is 17.5 Å². The van der Waals surface area contributed by atoms with Crippen molar-refractivity contribution >= 4 is 10.0 Å². The molecular weight excluding hydrogens is 350 g/mol. The van der Waals surface area contributed by atoms with Crippen LogP contribution in [0.2, 0.25) is 0 Å². The molecule has 0 saturated carbocycles. The lowest BCUT2D eigenvalue weighted by atomic mass is 10.0. The number of hydrogen-bond donors (Lipinski definition) is 0. The molecule has 26 heavy (non-hydrogen) atoms. The van der Waals surface area contributed by atoms with E-state index in [9.17, 15) is 8.42 Å². The second-order valence-corrected chi connectivity index (χ2v) is 9.04. The number of aryl methyl sites for hydroxylation is 1. The highest BCUT2D eigenvalue weighted by Gasteiger charge is 2.44. The molecule has 1 aliphatic rings. The molecule has 0 aromatic heterocycles. The Morgan fingerprint density at radius 2 is 1.85 bits per heavy atom. The SMILES string of the molecule is COc1ccc(C)cc1S(=O)(=O)N1CC(c2ccccc2)OCC1(C)C. The summed E-state index contributed by atoms with van der Waals surface area (Å²) in [6.07, 6.45) is -0.296. The minimum Gasteiger partial charge on any atom is -0.495 e. The van der Waals surface area contributed by atoms with E-state index in [1.54, 1.807) is 16.4 Å². The largest absolute Gasteiger partial charge is 0.495 e. The standard InChI is InChI=1S/C20H25NO4S/c1-15-10-11-17(24-4)19(12-15)26(22,23)21-13-18(25-14-20(21,2)3)16-8-6-5-7-9-16/h5-12,18H,13-14H2,1-4H3. The Morgan fingerprint density at radius 1 is 1.15 bits per heavy atom. The van der Waals surface area contributed by atoms with Crippen LogP contribution in [0.15, 0.2) is 53.4 Å². The van der Waals surface area contributed by atoms with Gasteiger partial charge in [-0.2, -0.15) is 4.31 Å². The molecule has 0 spiro atoms. The molecule has 2 aromatic rings. The van der Waals surface area contributed by atoms with Gasteiger partial charge in [-0.3, -0.25) is 0 Å². The molecule has 6 heteroatoms. The third kappa shape index (κ3) is 3.49. The van der Waals surface area contributed by atoms with E-state index in [2.05, 4.69) is 0 Å². The van der Waals surface area contributed by atoms with Crippen molar-refractivity contribution in [2.24, 2.45) is 0 Å². The highest BCUT2D eigenvalue weighted by molar-refractivity contribution is 7.89. The summed E-state index contributed by atoms with van der Waals surface area (Å²) in [5.74, 6) is 0.356. The molecule has 1 heterocycles.